The van der Waals surface area contributed by atoms with Crippen LogP contribution in [-0.2, 0) is 14.3 Å². The zero-order valence-corrected chi connectivity index (χ0v) is 14.3. The van der Waals surface area contributed by atoms with Crippen LogP contribution in [0.1, 0.15) is 17.4 Å². The van der Waals surface area contributed by atoms with Gasteiger partial charge in [0.1, 0.15) is 11.1 Å². The van der Waals surface area contributed by atoms with E-state index in [4.69, 9.17) is 4.74 Å². The van der Waals surface area contributed by atoms with Crippen molar-refractivity contribution in [3.63, 3.8) is 0 Å². The van der Waals surface area contributed by atoms with Crippen molar-refractivity contribution in [2.45, 2.75) is 12.2 Å². The number of thioether (sulfide) groups is 1. The molecule has 1 aromatic heterocycles. The van der Waals surface area contributed by atoms with Gasteiger partial charge in [0.05, 0.1) is 11.4 Å². The Labute approximate surface area is 148 Å². The monoisotopic (exact) mass is 364 g/mol. The SMILES string of the molecule is C[C@H](SCC(=O)Nc1ccc(F)cc1)C(=O)OCC(=O)c1ccc[nH]1. The lowest BCUT2D eigenvalue weighted by molar-refractivity contribution is -0.141. The zero-order valence-electron chi connectivity index (χ0n) is 13.5. The number of aromatic amines is 1. The Bertz CT molecular complexity index is 732. The number of halogens is 1. The van der Waals surface area contributed by atoms with Crippen LogP contribution in [0.15, 0.2) is 42.6 Å². The molecule has 1 atom stereocenters. The normalized spacial score (nSPS) is 11.6. The van der Waals surface area contributed by atoms with Gasteiger partial charge in [-0.1, -0.05) is 0 Å². The molecule has 0 spiro atoms. The number of amides is 1. The molecular weight excluding hydrogens is 347 g/mol. The fourth-order valence-electron chi connectivity index (χ4n) is 1.83. The van der Waals surface area contributed by atoms with Crippen molar-refractivity contribution in [1.29, 1.82) is 0 Å². The summed E-state index contributed by atoms with van der Waals surface area (Å²) in [5.41, 5.74) is 0.838. The Morgan fingerprint density at radius 3 is 2.60 bits per heavy atom. The van der Waals surface area contributed by atoms with Gasteiger partial charge in [0, 0.05) is 11.9 Å². The van der Waals surface area contributed by atoms with Crippen molar-refractivity contribution < 1.29 is 23.5 Å². The lowest BCUT2D eigenvalue weighted by atomic mass is 10.3. The molecule has 0 unspecified atom stereocenters. The summed E-state index contributed by atoms with van der Waals surface area (Å²) >= 11 is 1.08. The van der Waals surface area contributed by atoms with Gasteiger partial charge in [-0.2, -0.15) is 0 Å². The van der Waals surface area contributed by atoms with Crippen molar-refractivity contribution in [2.75, 3.05) is 17.7 Å². The molecule has 132 valence electrons. The molecule has 0 aliphatic carbocycles. The predicted molar refractivity (Wildman–Crippen MR) is 93.0 cm³/mol. The van der Waals surface area contributed by atoms with Crippen molar-refractivity contribution in [3.8, 4) is 0 Å². The molecule has 0 saturated heterocycles. The van der Waals surface area contributed by atoms with E-state index in [0.717, 1.165) is 11.8 Å². The highest BCUT2D eigenvalue weighted by Crippen LogP contribution is 2.14. The molecule has 25 heavy (non-hydrogen) atoms. The molecule has 2 N–H and O–H groups in total. The molecule has 2 aromatic rings. The molecule has 1 amide bonds. The molecule has 6 nitrogen and oxygen atoms in total. The van der Waals surface area contributed by atoms with Gasteiger partial charge >= 0.3 is 5.97 Å². The highest BCUT2D eigenvalue weighted by atomic mass is 32.2. The van der Waals surface area contributed by atoms with Crippen LogP contribution in [-0.4, -0.2) is 40.3 Å². The van der Waals surface area contributed by atoms with E-state index in [1.54, 1.807) is 25.3 Å². The van der Waals surface area contributed by atoms with E-state index >= 15 is 0 Å². The molecule has 1 aromatic carbocycles. The third-order valence-electron chi connectivity index (χ3n) is 3.17. The van der Waals surface area contributed by atoms with E-state index in [1.807, 2.05) is 0 Å². The third-order valence-corrected chi connectivity index (χ3v) is 4.29. The maximum Gasteiger partial charge on any atom is 0.319 e. The van der Waals surface area contributed by atoms with Crippen molar-refractivity contribution in [2.24, 2.45) is 0 Å². The summed E-state index contributed by atoms with van der Waals surface area (Å²) in [6.07, 6.45) is 1.60. The summed E-state index contributed by atoms with van der Waals surface area (Å²) in [5, 5.41) is 1.99. The molecule has 0 fully saturated rings. The van der Waals surface area contributed by atoms with E-state index < -0.39 is 17.0 Å². The lowest BCUT2D eigenvalue weighted by Gasteiger charge is -2.11. The summed E-state index contributed by atoms with van der Waals surface area (Å²) in [6, 6.07) is 8.64. The molecule has 0 saturated carbocycles. The van der Waals surface area contributed by atoms with Gasteiger partial charge in [0.25, 0.3) is 0 Å². The summed E-state index contributed by atoms with van der Waals surface area (Å²) in [4.78, 5) is 38.1. The summed E-state index contributed by atoms with van der Waals surface area (Å²) in [6.45, 7) is 1.24. The average molecular weight is 364 g/mol. The van der Waals surface area contributed by atoms with Crippen molar-refractivity contribution in [3.05, 3.63) is 54.1 Å². The minimum absolute atomic E-state index is 0.0260. The van der Waals surface area contributed by atoms with Gasteiger partial charge in [0.15, 0.2) is 6.61 Å². The fraction of sp³-hybridized carbons (Fsp3) is 0.235. The van der Waals surface area contributed by atoms with Crippen LogP contribution in [0.4, 0.5) is 10.1 Å². The third kappa shape index (κ3) is 6.07. The van der Waals surface area contributed by atoms with Gasteiger partial charge in [-0.05, 0) is 43.3 Å². The molecule has 0 radical (unpaired) electrons. The number of esters is 1. The van der Waals surface area contributed by atoms with E-state index in [9.17, 15) is 18.8 Å². The lowest BCUT2D eigenvalue weighted by Crippen LogP contribution is -2.23. The summed E-state index contributed by atoms with van der Waals surface area (Å²) in [5.74, 6) is -1.58. The Morgan fingerprint density at radius 2 is 1.96 bits per heavy atom. The molecular formula is C17H17FN2O4S. The van der Waals surface area contributed by atoms with Gasteiger partial charge in [-0.3, -0.25) is 14.4 Å². The number of aromatic nitrogens is 1. The van der Waals surface area contributed by atoms with Gasteiger partial charge < -0.3 is 15.0 Å². The number of anilines is 1. The smallest absolute Gasteiger partial charge is 0.319 e. The van der Waals surface area contributed by atoms with Crippen LogP contribution < -0.4 is 5.32 Å². The van der Waals surface area contributed by atoms with E-state index in [0.29, 0.717) is 11.4 Å². The van der Waals surface area contributed by atoms with Crippen LogP contribution in [0.3, 0.4) is 0 Å². The highest BCUT2D eigenvalue weighted by Gasteiger charge is 2.18. The van der Waals surface area contributed by atoms with Crippen LogP contribution in [0.25, 0.3) is 0 Å². The first-order valence-electron chi connectivity index (χ1n) is 7.46. The van der Waals surface area contributed by atoms with Crippen LogP contribution in [0.5, 0.6) is 0 Å². The maximum atomic E-state index is 12.8. The van der Waals surface area contributed by atoms with Crippen molar-refractivity contribution >= 4 is 35.1 Å². The predicted octanol–water partition coefficient (Wildman–Crippen LogP) is 2.64. The van der Waals surface area contributed by atoms with Crippen molar-refractivity contribution in [1.82, 2.24) is 4.98 Å². The van der Waals surface area contributed by atoms with Crippen LogP contribution in [0.2, 0.25) is 0 Å². The Kier molecular flexibility index (Phi) is 6.76. The first-order valence-corrected chi connectivity index (χ1v) is 8.51. The number of H-pyrrole nitrogens is 1. The number of hydrogen-bond acceptors (Lipinski definition) is 5. The zero-order chi connectivity index (χ0) is 18.2. The first kappa shape index (κ1) is 18.7. The van der Waals surface area contributed by atoms with E-state index in [2.05, 4.69) is 10.3 Å². The molecule has 0 aliphatic heterocycles. The second-order valence-electron chi connectivity index (χ2n) is 5.12. The minimum Gasteiger partial charge on any atom is -0.456 e. The van der Waals surface area contributed by atoms with Gasteiger partial charge in [0.2, 0.25) is 11.7 Å². The Hall–Kier alpha value is -2.61. The van der Waals surface area contributed by atoms with Gasteiger partial charge in [-0.15, -0.1) is 11.8 Å². The fourth-order valence-corrected chi connectivity index (χ4v) is 2.51. The largest absolute Gasteiger partial charge is 0.456 e. The van der Waals surface area contributed by atoms with E-state index in [1.165, 1.54) is 24.3 Å². The van der Waals surface area contributed by atoms with Gasteiger partial charge in [-0.25, -0.2) is 4.39 Å². The second-order valence-corrected chi connectivity index (χ2v) is 6.45. The quantitative estimate of drug-likeness (QED) is 0.555. The number of hydrogen-bond donors (Lipinski definition) is 2. The maximum absolute atomic E-state index is 12.8. The standard InChI is InChI=1S/C17H17FN2O4S/c1-11(17(23)24-9-15(21)14-3-2-8-19-14)25-10-16(22)20-13-6-4-12(18)5-7-13/h2-8,11,19H,9-10H2,1H3,(H,20,22)/t11-/m0/s1. The Morgan fingerprint density at radius 1 is 1.24 bits per heavy atom. The molecule has 8 heteroatoms. The number of benzene rings is 1. The Balaban J connectivity index is 1.70. The topological polar surface area (TPSA) is 88.3 Å². The van der Waals surface area contributed by atoms with Crippen LogP contribution in [0, 0.1) is 5.82 Å². The average Bonchev–Trinajstić information content (AvgIpc) is 3.14. The number of carbonyl (C=O) groups is 3. The molecule has 2 rings (SSSR count). The van der Waals surface area contributed by atoms with E-state index in [-0.39, 0.29) is 24.1 Å². The minimum atomic E-state index is -0.601. The molecule has 0 aliphatic rings. The molecule has 0 bridgehead atoms. The van der Waals surface area contributed by atoms with Crippen LogP contribution >= 0.6 is 11.8 Å². The summed E-state index contributed by atoms with van der Waals surface area (Å²) in [7, 11) is 0. The highest BCUT2D eigenvalue weighted by molar-refractivity contribution is 8.01. The number of Topliss-reactive ketones (excluding diaryl/α,β-unsaturated/α-hetero) is 1. The number of nitrogens with one attached hydrogen (secondary N) is 2. The number of ketones is 1. The number of ether oxygens (including phenoxy) is 1. The number of rotatable bonds is 8. The first-order chi connectivity index (χ1) is 12.0. The second kappa shape index (κ2) is 9.03. The molecule has 1 heterocycles. The summed E-state index contributed by atoms with van der Waals surface area (Å²) < 4.78 is 17.7. The number of carbonyl (C=O) groups excluding carboxylic acids is 3.